The summed E-state index contributed by atoms with van der Waals surface area (Å²) >= 11 is 0. The van der Waals surface area contributed by atoms with E-state index in [9.17, 15) is 0 Å². The van der Waals surface area contributed by atoms with Gasteiger partial charge in [0.1, 0.15) is 11.9 Å². The average molecular weight is 261 g/mol. The lowest BCUT2D eigenvalue weighted by Crippen LogP contribution is -2.38. The monoisotopic (exact) mass is 261 g/mol. The molecule has 0 saturated heterocycles. The largest absolute Gasteiger partial charge is 0.489 e. The molecule has 2 atom stereocenters. The molecule has 1 aliphatic rings. The van der Waals surface area contributed by atoms with E-state index in [1.807, 2.05) is 0 Å². The third-order valence-electron chi connectivity index (χ3n) is 3.99. The van der Waals surface area contributed by atoms with Crippen molar-refractivity contribution < 1.29 is 4.74 Å². The summed E-state index contributed by atoms with van der Waals surface area (Å²) in [4.78, 5) is 0. The number of benzene rings is 1. The van der Waals surface area contributed by atoms with Gasteiger partial charge >= 0.3 is 0 Å². The predicted molar refractivity (Wildman–Crippen MR) is 81.0 cm³/mol. The molecule has 2 nitrogen and oxygen atoms in total. The highest BCUT2D eigenvalue weighted by molar-refractivity contribution is 5.39. The lowest BCUT2D eigenvalue weighted by Gasteiger charge is -2.24. The second-order valence-electron chi connectivity index (χ2n) is 5.95. The van der Waals surface area contributed by atoms with Gasteiger partial charge in [-0.1, -0.05) is 32.9 Å². The van der Waals surface area contributed by atoms with Crippen LogP contribution in [0.1, 0.15) is 57.1 Å². The third kappa shape index (κ3) is 3.50. The highest BCUT2D eigenvalue weighted by Gasteiger charge is 2.28. The first kappa shape index (κ1) is 14.4. The van der Waals surface area contributed by atoms with E-state index in [1.54, 1.807) is 0 Å². The maximum absolute atomic E-state index is 6.35. The predicted octanol–water partition coefficient (Wildman–Crippen LogP) is 4.03. The van der Waals surface area contributed by atoms with E-state index in [0.29, 0.717) is 18.1 Å². The topological polar surface area (TPSA) is 21.3 Å². The SMILES string of the molecule is CCNC1CCCC1Oc1cc(C)ccc1C(C)C. The van der Waals surface area contributed by atoms with Crippen LogP contribution < -0.4 is 10.1 Å². The first-order chi connectivity index (χ1) is 9.11. The van der Waals surface area contributed by atoms with E-state index in [4.69, 9.17) is 4.74 Å². The summed E-state index contributed by atoms with van der Waals surface area (Å²) in [6, 6.07) is 7.10. The van der Waals surface area contributed by atoms with Crippen molar-refractivity contribution in [1.29, 1.82) is 0 Å². The molecular formula is C17H27NO. The lowest BCUT2D eigenvalue weighted by atomic mass is 10.0. The number of hydrogen-bond donors (Lipinski definition) is 1. The van der Waals surface area contributed by atoms with Gasteiger partial charge in [0.05, 0.1) is 0 Å². The highest BCUT2D eigenvalue weighted by Crippen LogP contribution is 2.31. The van der Waals surface area contributed by atoms with Crippen LogP contribution >= 0.6 is 0 Å². The molecule has 0 aliphatic heterocycles. The molecule has 2 rings (SSSR count). The summed E-state index contributed by atoms with van der Waals surface area (Å²) in [6.07, 6.45) is 4.01. The molecule has 2 heteroatoms. The number of hydrogen-bond acceptors (Lipinski definition) is 2. The molecule has 1 aromatic rings. The Kier molecular flexibility index (Phi) is 4.87. The van der Waals surface area contributed by atoms with Gasteiger partial charge in [0, 0.05) is 6.04 Å². The van der Waals surface area contributed by atoms with Crippen molar-refractivity contribution >= 4 is 0 Å². The normalized spacial score (nSPS) is 23.0. The molecule has 0 bridgehead atoms. The fourth-order valence-electron chi connectivity index (χ4n) is 2.95. The Balaban J connectivity index is 2.15. The van der Waals surface area contributed by atoms with Gasteiger partial charge in [-0.25, -0.2) is 0 Å². The van der Waals surface area contributed by atoms with Gasteiger partial charge in [0.2, 0.25) is 0 Å². The minimum absolute atomic E-state index is 0.333. The van der Waals surface area contributed by atoms with Crippen LogP contribution in [0.2, 0.25) is 0 Å². The van der Waals surface area contributed by atoms with Gasteiger partial charge in [-0.05, 0) is 55.8 Å². The molecule has 106 valence electrons. The van der Waals surface area contributed by atoms with Gasteiger partial charge < -0.3 is 10.1 Å². The zero-order valence-corrected chi connectivity index (χ0v) is 12.7. The summed E-state index contributed by atoms with van der Waals surface area (Å²) in [5, 5.41) is 3.55. The summed E-state index contributed by atoms with van der Waals surface area (Å²) in [5.41, 5.74) is 2.60. The van der Waals surface area contributed by atoms with E-state index in [2.05, 4.69) is 51.2 Å². The molecule has 0 spiro atoms. The number of rotatable bonds is 5. The first-order valence-electron chi connectivity index (χ1n) is 7.62. The maximum atomic E-state index is 6.35. The molecule has 1 aliphatic carbocycles. The maximum Gasteiger partial charge on any atom is 0.123 e. The van der Waals surface area contributed by atoms with Crippen LogP contribution in [0, 0.1) is 6.92 Å². The minimum Gasteiger partial charge on any atom is -0.489 e. The van der Waals surface area contributed by atoms with Crippen molar-refractivity contribution in [3.05, 3.63) is 29.3 Å². The van der Waals surface area contributed by atoms with Crippen LogP contribution in [-0.2, 0) is 0 Å². The Labute approximate surface area is 117 Å². The summed E-state index contributed by atoms with van der Waals surface area (Å²) in [7, 11) is 0. The summed E-state index contributed by atoms with van der Waals surface area (Å²) < 4.78 is 6.35. The van der Waals surface area contributed by atoms with Crippen LogP contribution in [0.3, 0.4) is 0 Å². The summed E-state index contributed by atoms with van der Waals surface area (Å²) in [6.45, 7) is 9.78. The molecule has 0 aromatic heterocycles. The average Bonchev–Trinajstić information content (AvgIpc) is 2.77. The van der Waals surface area contributed by atoms with Crippen LogP contribution in [0.5, 0.6) is 5.75 Å². The Hall–Kier alpha value is -1.02. The lowest BCUT2D eigenvalue weighted by molar-refractivity contribution is 0.173. The second-order valence-corrected chi connectivity index (χ2v) is 5.95. The van der Waals surface area contributed by atoms with Crippen molar-refractivity contribution in [1.82, 2.24) is 5.32 Å². The third-order valence-corrected chi connectivity index (χ3v) is 3.99. The molecule has 0 heterocycles. The van der Waals surface area contributed by atoms with Gasteiger partial charge in [-0.15, -0.1) is 0 Å². The number of aryl methyl sites for hydroxylation is 1. The van der Waals surface area contributed by atoms with Gasteiger partial charge in [0.15, 0.2) is 0 Å². The minimum atomic E-state index is 0.333. The van der Waals surface area contributed by atoms with Gasteiger partial charge in [-0.2, -0.15) is 0 Å². The first-order valence-corrected chi connectivity index (χ1v) is 7.62. The standard InChI is InChI=1S/C17H27NO/c1-5-18-15-7-6-8-16(15)19-17-11-13(4)9-10-14(17)12(2)3/h9-12,15-16,18H,5-8H2,1-4H3. The van der Waals surface area contributed by atoms with E-state index >= 15 is 0 Å². The zero-order valence-electron chi connectivity index (χ0n) is 12.7. The fourth-order valence-corrected chi connectivity index (χ4v) is 2.95. The molecule has 1 aromatic carbocycles. The zero-order chi connectivity index (χ0) is 13.8. The van der Waals surface area contributed by atoms with Crippen molar-refractivity contribution in [2.24, 2.45) is 0 Å². The van der Waals surface area contributed by atoms with Crippen LogP contribution in [0.15, 0.2) is 18.2 Å². The quantitative estimate of drug-likeness (QED) is 0.864. The molecule has 0 radical (unpaired) electrons. The Morgan fingerprint density at radius 2 is 2.11 bits per heavy atom. The Morgan fingerprint density at radius 1 is 1.32 bits per heavy atom. The second kappa shape index (κ2) is 6.42. The van der Waals surface area contributed by atoms with Crippen LogP contribution in [0.25, 0.3) is 0 Å². The Bertz CT molecular complexity index is 414. The molecule has 2 unspecified atom stereocenters. The van der Waals surface area contributed by atoms with Crippen molar-refractivity contribution in [3.8, 4) is 5.75 Å². The van der Waals surface area contributed by atoms with Crippen LogP contribution in [0.4, 0.5) is 0 Å². The summed E-state index contributed by atoms with van der Waals surface area (Å²) in [5.74, 6) is 1.60. The molecular weight excluding hydrogens is 234 g/mol. The number of ether oxygens (including phenoxy) is 1. The smallest absolute Gasteiger partial charge is 0.123 e. The van der Waals surface area contributed by atoms with Crippen molar-refractivity contribution in [3.63, 3.8) is 0 Å². The van der Waals surface area contributed by atoms with E-state index < -0.39 is 0 Å². The van der Waals surface area contributed by atoms with Crippen molar-refractivity contribution in [2.75, 3.05) is 6.54 Å². The van der Waals surface area contributed by atoms with Crippen LogP contribution in [-0.4, -0.2) is 18.7 Å². The van der Waals surface area contributed by atoms with Crippen molar-refractivity contribution in [2.45, 2.75) is 65.0 Å². The molecule has 1 saturated carbocycles. The molecule has 1 fully saturated rings. The Morgan fingerprint density at radius 3 is 2.79 bits per heavy atom. The van der Waals surface area contributed by atoms with E-state index in [0.717, 1.165) is 12.3 Å². The van der Waals surface area contributed by atoms with Gasteiger partial charge in [0.25, 0.3) is 0 Å². The molecule has 0 amide bonds. The van der Waals surface area contributed by atoms with E-state index in [-0.39, 0.29) is 0 Å². The number of likely N-dealkylation sites (N-methyl/N-ethyl adjacent to an activating group) is 1. The number of nitrogens with one attached hydrogen (secondary N) is 1. The molecule has 1 N–H and O–H groups in total. The molecule has 19 heavy (non-hydrogen) atoms. The van der Waals surface area contributed by atoms with E-state index in [1.165, 1.54) is 30.4 Å². The highest BCUT2D eigenvalue weighted by atomic mass is 16.5. The fraction of sp³-hybridized carbons (Fsp3) is 0.647. The van der Waals surface area contributed by atoms with Gasteiger partial charge in [-0.3, -0.25) is 0 Å².